The summed E-state index contributed by atoms with van der Waals surface area (Å²) in [6.07, 6.45) is 1.11. The molecule has 0 radical (unpaired) electrons. The highest BCUT2D eigenvalue weighted by Crippen LogP contribution is 2.30. The van der Waals surface area contributed by atoms with E-state index in [1.165, 1.54) is 18.5 Å². The highest BCUT2D eigenvalue weighted by molar-refractivity contribution is 5.71. The SMILES string of the molecule is [C-]#[N+]c1cn2ccnc2c(Nc2ccnc(C(F)(F)F)c2)n1. The van der Waals surface area contributed by atoms with E-state index in [-0.39, 0.29) is 17.3 Å². The van der Waals surface area contributed by atoms with E-state index in [0.717, 1.165) is 12.3 Å². The predicted octanol–water partition coefficient (Wildman–Crippen LogP) is 3.44. The number of nitrogens with zero attached hydrogens (tertiary/aromatic N) is 5. The molecule has 110 valence electrons. The lowest BCUT2D eigenvalue weighted by molar-refractivity contribution is -0.141. The molecule has 0 bridgehead atoms. The van der Waals surface area contributed by atoms with Gasteiger partial charge in [-0.05, 0) is 12.1 Å². The molecule has 22 heavy (non-hydrogen) atoms. The van der Waals surface area contributed by atoms with Crippen molar-refractivity contribution in [3.05, 3.63) is 54.0 Å². The zero-order chi connectivity index (χ0) is 15.7. The number of halogens is 3. The Morgan fingerprint density at radius 2 is 2.05 bits per heavy atom. The lowest BCUT2D eigenvalue weighted by Gasteiger charge is -2.08. The molecule has 0 unspecified atom stereocenters. The largest absolute Gasteiger partial charge is 0.433 e. The number of aromatic nitrogens is 4. The van der Waals surface area contributed by atoms with Crippen LogP contribution < -0.4 is 5.32 Å². The maximum atomic E-state index is 12.7. The van der Waals surface area contributed by atoms with Crippen LogP contribution in [0.4, 0.5) is 30.5 Å². The van der Waals surface area contributed by atoms with Crippen LogP contribution in [-0.4, -0.2) is 19.4 Å². The van der Waals surface area contributed by atoms with Crippen molar-refractivity contribution >= 4 is 23.0 Å². The minimum atomic E-state index is -4.54. The van der Waals surface area contributed by atoms with Gasteiger partial charge in [-0.3, -0.25) is 4.98 Å². The topological polar surface area (TPSA) is 59.5 Å². The number of rotatable bonds is 2. The quantitative estimate of drug-likeness (QED) is 0.737. The fraction of sp³-hybridized carbons (Fsp3) is 0.0769. The van der Waals surface area contributed by atoms with Gasteiger partial charge >= 0.3 is 6.18 Å². The first-order valence-electron chi connectivity index (χ1n) is 5.99. The average molecular weight is 304 g/mol. The van der Waals surface area contributed by atoms with Gasteiger partial charge in [0.25, 0.3) is 11.6 Å². The van der Waals surface area contributed by atoms with Gasteiger partial charge in [-0.15, -0.1) is 0 Å². The van der Waals surface area contributed by atoms with Crippen molar-refractivity contribution in [2.75, 3.05) is 5.32 Å². The lowest BCUT2D eigenvalue weighted by Crippen LogP contribution is -2.08. The van der Waals surface area contributed by atoms with E-state index in [1.54, 1.807) is 10.6 Å². The number of imidazole rings is 1. The monoisotopic (exact) mass is 304 g/mol. The van der Waals surface area contributed by atoms with Gasteiger partial charge in [-0.2, -0.15) is 13.2 Å². The van der Waals surface area contributed by atoms with Gasteiger partial charge in [0, 0.05) is 30.5 Å². The van der Waals surface area contributed by atoms with Crippen molar-refractivity contribution < 1.29 is 13.2 Å². The smallest absolute Gasteiger partial charge is 0.359 e. The van der Waals surface area contributed by atoms with Crippen molar-refractivity contribution in [2.24, 2.45) is 0 Å². The average Bonchev–Trinajstić information content (AvgIpc) is 2.95. The Labute approximate surface area is 122 Å². The summed E-state index contributed by atoms with van der Waals surface area (Å²) < 4.78 is 39.6. The second-order valence-corrected chi connectivity index (χ2v) is 4.27. The summed E-state index contributed by atoms with van der Waals surface area (Å²) in [5.41, 5.74) is -0.460. The third-order valence-corrected chi connectivity index (χ3v) is 2.79. The highest BCUT2D eigenvalue weighted by Gasteiger charge is 2.32. The van der Waals surface area contributed by atoms with Gasteiger partial charge in [0.2, 0.25) is 5.65 Å². The van der Waals surface area contributed by atoms with Crippen LogP contribution in [0.25, 0.3) is 10.5 Å². The van der Waals surface area contributed by atoms with E-state index in [9.17, 15) is 13.2 Å². The Morgan fingerprint density at radius 1 is 1.23 bits per heavy atom. The first kappa shape index (κ1) is 13.8. The van der Waals surface area contributed by atoms with Crippen LogP contribution in [0, 0.1) is 6.57 Å². The third-order valence-electron chi connectivity index (χ3n) is 2.79. The zero-order valence-electron chi connectivity index (χ0n) is 10.8. The van der Waals surface area contributed by atoms with Gasteiger partial charge in [-0.25, -0.2) is 4.98 Å². The summed E-state index contributed by atoms with van der Waals surface area (Å²) in [6, 6.07) is 2.24. The van der Waals surface area contributed by atoms with E-state index < -0.39 is 11.9 Å². The molecule has 0 spiro atoms. The van der Waals surface area contributed by atoms with Gasteiger partial charge in [0.1, 0.15) is 5.69 Å². The number of anilines is 2. The molecule has 0 fully saturated rings. The van der Waals surface area contributed by atoms with E-state index in [1.807, 2.05) is 0 Å². The summed E-state index contributed by atoms with van der Waals surface area (Å²) in [6.45, 7) is 7.01. The summed E-state index contributed by atoms with van der Waals surface area (Å²) in [4.78, 5) is 14.6. The molecule has 3 rings (SSSR count). The minimum Gasteiger partial charge on any atom is -0.359 e. The van der Waals surface area contributed by atoms with Crippen molar-refractivity contribution in [1.29, 1.82) is 0 Å². The molecule has 0 aliphatic rings. The van der Waals surface area contributed by atoms with E-state index in [0.29, 0.717) is 5.65 Å². The van der Waals surface area contributed by atoms with Crippen LogP contribution in [-0.2, 0) is 6.18 Å². The van der Waals surface area contributed by atoms with Gasteiger partial charge < -0.3 is 14.6 Å². The van der Waals surface area contributed by atoms with Gasteiger partial charge in [-0.1, -0.05) is 11.6 Å². The standard InChI is InChI=1S/C13H7F3N6/c1-17-10-7-22-5-4-19-12(22)11(21-10)20-8-2-3-18-9(6-8)13(14,15)16/h2-7H,(H,18,20,21). The summed E-state index contributed by atoms with van der Waals surface area (Å²) in [5, 5.41) is 2.74. The fourth-order valence-electron chi connectivity index (χ4n) is 1.86. The molecule has 3 aromatic rings. The van der Waals surface area contributed by atoms with Crippen molar-refractivity contribution in [3.8, 4) is 0 Å². The second kappa shape index (κ2) is 5.00. The molecule has 6 nitrogen and oxygen atoms in total. The molecule has 0 saturated carbocycles. The fourth-order valence-corrected chi connectivity index (χ4v) is 1.86. The normalized spacial score (nSPS) is 11.4. The van der Waals surface area contributed by atoms with E-state index >= 15 is 0 Å². The Bertz CT molecular complexity index is 877. The summed E-state index contributed by atoms with van der Waals surface area (Å²) in [7, 11) is 0. The Kier molecular flexibility index (Phi) is 3.14. The van der Waals surface area contributed by atoms with Crippen molar-refractivity contribution in [1.82, 2.24) is 19.4 Å². The minimum absolute atomic E-state index is 0.0955. The van der Waals surface area contributed by atoms with Gasteiger partial charge in [0.05, 0.1) is 0 Å². The molecule has 0 atom stereocenters. The lowest BCUT2D eigenvalue weighted by atomic mass is 10.3. The van der Waals surface area contributed by atoms with E-state index in [4.69, 9.17) is 6.57 Å². The molecule has 0 amide bonds. The van der Waals surface area contributed by atoms with Gasteiger partial charge in [0.15, 0.2) is 0 Å². The van der Waals surface area contributed by atoms with Crippen LogP contribution in [0.3, 0.4) is 0 Å². The first-order valence-corrected chi connectivity index (χ1v) is 5.99. The Hall–Kier alpha value is -3.15. The van der Waals surface area contributed by atoms with E-state index in [2.05, 4.69) is 25.1 Å². The highest BCUT2D eigenvalue weighted by atomic mass is 19.4. The summed E-state index contributed by atoms with van der Waals surface area (Å²) >= 11 is 0. The van der Waals surface area contributed by atoms with Crippen LogP contribution in [0.1, 0.15) is 5.69 Å². The Balaban J connectivity index is 2.03. The molecule has 9 heteroatoms. The zero-order valence-corrected chi connectivity index (χ0v) is 10.8. The van der Waals surface area contributed by atoms with Crippen LogP contribution in [0.15, 0.2) is 36.9 Å². The number of pyridine rings is 1. The van der Waals surface area contributed by atoms with Crippen LogP contribution in [0.2, 0.25) is 0 Å². The number of alkyl halides is 3. The molecule has 0 aromatic carbocycles. The molecular formula is C13H7F3N6. The van der Waals surface area contributed by atoms with Crippen molar-refractivity contribution in [3.63, 3.8) is 0 Å². The maximum Gasteiger partial charge on any atom is 0.433 e. The summed E-state index contributed by atoms with van der Waals surface area (Å²) in [5.74, 6) is 0.288. The maximum absolute atomic E-state index is 12.7. The second-order valence-electron chi connectivity index (χ2n) is 4.27. The number of hydrogen-bond acceptors (Lipinski definition) is 4. The number of fused-ring (bicyclic) bond motifs is 1. The third kappa shape index (κ3) is 2.54. The number of nitrogens with one attached hydrogen (secondary N) is 1. The predicted molar refractivity (Wildman–Crippen MR) is 71.8 cm³/mol. The molecule has 3 heterocycles. The Morgan fingerprint density at radius 3 is 2.77 bits per heavy atom. The molecule has 0 aliphatic carbocycles. The number of hydrogen-bond donors (Lipinski definition) is 1. The molecule has 1 N–H and O–H groups in total. The van der Waals surface area contributed by atoms with Crippen LogP contribution in [0.5, 0.6) is 0 Å². The van der Waals surface area contributed by atoms with Crippen LogP contribution >= 0.6 is 0 Å². The molecule has 0 aliphatic heterocycles. The first-order chi connectivity index (χ1) is 10.5. The van der Waals surface area contributed by atoms with Crippen molar-refractivity contribution in [2.45, 2.75) is 6.18 Å². The molecule has 3 aromatic heterocycles. The molecular weight excluding hydrogens is 297 g/mol. The molecule has 0 saturated heterocycles.